The Balaban J connectivity index is 2.73. The number of nitrogens with zero attached hydrogens (tertiary/aromatic N) is 2. The molecule has 1 fully saturated rings. The van der Waals surface area contributed by atoms with E-state index in [4.69, 9.17) is 5.73 Å². The van der Waals surface area contributed by atoms with E-state index in [1.165, 1.54) is 10.0 Å². The number of nitrogens with two attached hydrogens (primary N) is 1. The molecule has 0 aliphatic carbocycles. The van der Waals surface area contributed by atoms with Crippen molar-refractivity contribution >= 4 is 11.9 Å². The van der Waals surface area contributed by atoms with Crippen LogP contribution < -0.4 is 5.73 Å². The molecule has 0 aromatic carbocycles. The van der Waals surface area contributed by atoms with Gasteiger partial charge in [-0.05, 0) is 19.3 Å². The Labute approximate surface area is 96.5 Å². The summed E-state index contributed by atoms with van der Waals surface area (Å²) in [5.41, 5.74) is 5.24. The van der Waals surface area contributed by atoms with Crippen molar-refractivity contribution in [1.82, 2.24) is 10.0 Å². The van der Waals surface area contributed by atoms with Gasteiger partial charge in [0.05, 0.1) is 0 Å². The SMILES string of the molecule is CC[C@H](C)[C@@H]1CCN(N(CC)C(N)=O)C1=O. The first-order chi connectivity index (χ1) is 7.52. The van der Waals surface area contributed by atoms with E-state index in [2.05, 4.69) is 13.8 Å². The standard InChI is InChI=1S/C11H21N3O2/c1-4-8(3)9-6-7-14(10(9)15)13(5-2)11(12)16/h8-9H,4-7H2,1-3H3,(H2,12,16)/t8-,9-/m0/s1. The van der Waals surface area contributed by atoms with Gasteiger partial charge in [0, 0.05) is 19.0 Å². The average molecular weight is 227 g/mol. The number of carbonyl (C=O) groups excluding carboxylic acids is 2. The molecular weight excluding hydrogens is 206 g/mol. The molecule has 1 aliphatic heterocycles. The van der Waals surface area contributed by atoms with E-state index in [1.54, 1.807) is 0 Å². The minimum atomic E-state index is -0.555. The molecule has 16 heavy (non-hydrogen) atoms. The van der Waals surface area contributed by atoms with Crippen molar-refractivity contribution in [2.45, 2.75) is 33.6 Å². The second-order valence-corrected chi connectivity index (χ2v) is 4.30. The highest BCUT2D eigenvalue weighted by Gasteiger charge is 2.38. The number of hydrazine groups is 1. The molecule has 0 aromatic heterocycles. The van der Waals surface area contributed by atoms with Gasteiger partial charge in [-0.15, -0.1) is 0 Å². The third kappa shape index (κ3) is 2.28. The lowest BCUT2D eigenvalue weighted by molar-refractivity contribution is -0.142. The molecule has 1 heterocycles. The van der Waals surface area contributed by atoms with Crippen LogP contribution in [0.25, 0.3) is 0 Å². The van der Waals surface area contributed by atoms with E-state index in [0.717, 1.165) is 12.8 Å². The average Bonchev–Trinajstić information content (AvgIpc) is 2.61. The highest BCUT2D eigenvalue weighted by atomic mass is 16.2. The lowest BCUT2D eigenvalue weighted by Crippen LogP contribution is -2.50. The summed E-state index contributed by atoms with van der Waals surface area (Å²) < 4.78 is 0. The predicted molar refractivity (Wildman–Crippen MR) is 61.2 cm³/mol. The van der Waals surface area contributed by atoms with Crippen molar-refractivity contribution in [2.75, 3.05) is 13.1 Å². The number of carbonyl (C=O) groups is 2. The number of hydrogen-bond acceptors (Lipinski definition) is 2. The van der Waals surface area contributed by atoms with E-state index in [9.17, 15) is 9.59 Å². The second kappa shape index (κ2) is 5.18. The minimum absolute atomic E-state index is 0.0370. The zero-order chi connectivity index (χ0) is 12.3. The molecule has 0 bridgehead atoms. The number of urea groups is 1. The molecule has 0 unspecified atom stereocenters. The van der Waals surface area contributed by atoms with Crippen LogP contribution in [0.2, 0.25) is 0 Å². The van der Waals surface area contributed by atoms with E-state index in [1.807, 2.05) is 6.92 Å². The highest BCUT2D eigenvalue weighted by Crippen LogP contribution is 2.28. The number of hydrogen-bond donors (Lipinski definition) is 1. The first-order valence-corrected chi connectivity index (χ1v) is 5.91. The molecule has 2 N–H and O–H groups in total. The van der Waals surface area contributed by atoms with Gasteiger partial charge in [-0.3, -0.25) is 4.79 Å². The van der Waals surface area contributed by atoms with Crippen LogP contribution in [0.15, 0.2) is 0 Å². The van der Waals surface area contributed by atoms with Gasteiger partial charge in [-0.25, -0.2) is 14.8 Å². The quantitative estimate of drug-likeness (QED) is 0.784. The third-order valence-corrected chi connectivity index (χ3v) is 3.40. The van der Waals surface area contributed by atoms with Crippen LogP contribution in [0.1, 0.15) is 33.6 Å². The van der Waals surface area contributed by atoms with Crippen molar-refractivity contribution in [3.05, 3.63) is 0 Å². The Bertz CT molecular complexity index is 280. The molecule has 0 aromatic rings. The monoisotopic (exact) mass is 227 g/mol. The Morgan fingerprint density at radius 1 is 1.62 bits per heavy atom. The maximum atomic E-state index is 12.1. The summed E-state index contributed by atoms with van der Waals surface area (Å²) in [6.07, 6.45) is 1.80. The normalized spacial score (nSPS) is 22.3. The molecule has 1 rings (SSSR count). The fourth-order valence-corrected chi connectivity index (χ4v) is 2.18. The summed E-state index contributed by atoms with van der Waals surface area (Å²) in [5.74, 6) is 0.442. The smallest absolute Gasteiger partial charge is 0.333 e. The van der Waals surface area contributed by atoms with Crippen molar-refractivity contribution in [3.8, 4) is 0 Å². The minimum Gasteiger partial charge on any atom is -0.350 e. The molecule has 92 valence electrons. The summed E-state index contributed by atoms with van der Waals surface area (Å²) in [6, 6.07) is -0.555. The van der Waals surface area contributed by atoms with E-state index in [0.29, 0.717) is 19.0 Å². The lowest BCUT2D eigenvalue weighted by Gasteiger charge is -2.29. The third-order valence-electron chi connectivity index (χ3n) is 3.40. The van der Waals surface area contributed by atoms with Crippen molar-refractivity contribution < 1.29 is 9.59 Å². The van der Waals surface area contributed by atoms with Gasteiger partial charge in [0.25, 0.3) is 0 Å². The molecule has 0 radical (unpaired) electrons. The number of primary amides is 1. The highest BCUT2D eigenvalue weighted by molar-refractivity contribution is 5.84. The Morgan fingerprint density at radius 2 is 2.25 bits per heavy atom. The first kappa shape index (κ1) is 12.8. The molecule has 5 nitrogen and oxygen atoms in total. The largest absolute Gasteiger partial charge is 0.350 e. The number of rotatable bonds is 4. The number of amides is 3. The fraction of sp³-hybridized carbons (Fsp3) is 0.818. The topological polar surface area (TPSA) is 66.6 Å². The second-order valence-electron chi connectivity index (χ2n) is 4.30. The summed E-state index contributed by atoms with van der Waals surface area (Å²) in [7, 11) is 0. The molecule has 1 saturated heterocycles. The maximum absolute atomic E-state index is 12.1. The van der Waals surface area contributed by atoms with Crippen molar-refractivity contribution in [1.29, 1.82) is 0 Å². The van der Waals surface area contributed by atoms with E-state index >= 15 is 0 Å². The molecule has 1 aliphatic rings. The van der Waals surface area contributed by atoms with Gasteiger partial charge >= 0.3 is 6.03 Å². The van der Waals surface area contributed by atoms with Gasteiger partial charge in [-0.2, -0.15) is 0 Å². The molecular formula is C11H21N3O2. The summed E-state index contributed by atoms with van der Waals surface area (Å²) >= 11 is 0. The van der Waals surface area contributed by atoms with E-state index in [-0.39, 0.29) is 11.8 Å². The molecule has 0 saturated carbocycles. The van der Waals surface area contributed by atoms with E-state index < -0.39 is 6.03 Å². The van der Waals surface area contributed by atoms with Crippen LogP contribution in [0.4, 0.5) is 4.79 Å². The van der Waals surface area contributed by atoms with Crippen molar-refractivity contribution in [3.63, 3.8) is 0 Å². The fourth-order valence-electron chi connectivity index (χ4n) is 2.18. The zero-order valence-corrected chi connectivity index (χ0v) is 10.3. The van der Waals surface area contributed by atoms with Gasteiger partial charge in [0.2, 0.25) is 5.91 Å². The Hall–Kier alpha value is -1.26. The molecule has 0 spiro atoms. The summed E-state index contributed by atoms with van der Waals surface area (Å²) in [6.45, 7) is 7.01. The first-order valence-electron chi connectivity index (χ1n) is 5.91. The van der Waals surface area contributed by atoms with Crippen LogP contribution in [0.5, 0.6) is 0 Å². The van der Waals surface area contributed by atoms with Gasteiger partial charge in [0.15, 0.2) is 0 Å². The predicted octanol–water partition coefficient (Wildman–Crippen LogP) is 1.20. The summed E-state index contributed by atoms with van der Waals surface area (Å²) in [5, 5.41) is 2.82. The maximum Gasteiger partial charge on any atom is 0.333 e. The van der Waals surface area contributed by atoms with Crippen LogP contribution >= 0.6 is 0 Å². The zero-order valence-electron chi connectivity index (χ0n) is 10.3. The van der Waals surface area contributed by atoms with Crippen LogP contribution in [-0.4, -0.2) is 35.0 Å². The van der Waals surface area contributed by atoms with Gasteiger partial charge in [-0.1, -0.05) is 20.3 Å². The van der Waals surface area contributed by atoms with Crippen LogP contribution in [-0.2, 0) is 4.79 Å². The van der Waals surface area contributed by atoms with Gasteiger partial charge in [0.1, 0.15) is 0 Å². The molecule has 5 heteroatoms. The van der Waals surface area contributed by atoms with Crippen molar-refractivity contribution in [2.24, 2.45) is 17.6 Å². The molecule has 2 atom stereocenters. The Kier molecular flexibility index (Phi) is 4.15. The van der Waals surface area contributed by atoms with Crippen LogP contribution in [0.3, 0.4) is 0 Å². The summed E-state index contributed by atoms with van der Waals surface area (Å²) in [4.78, 5) is 23.3. The van der Waals surface area contributed by atoms with Gasteiger partial charge < -0.3 is 5.73 Å². The lowest BCUT2D eigenvalue weighted by atomic mass is 9.91. The van der Waals surface area contributed by atoms with Crippen LogP contribution in [0, 0.1) is 11.8 Å². The molecule has 3 amide bonds. The Morgan fingerprint density at radius 3 is 2.69 bits per heavy atom.